The summed E-state index contributed by atoms with van der Waals surface area (Å²) in [6, 6.07) is 4.71. The number of nitrogens with one attached hydrogen (secondary N) is 1. The monoisotopic (exact) mass is 325 g/mol. The van der Waals surface area contributed by atoms with E-state index in [1.54, 1.807) is 11.0 Å². The van der Waals surface area contributed by atoms with Crippen molar-refractivity contribution < 1.29 is 9.18 Å². The van der Waals surface area contributed by atoms with Gasteiger partial charge in [0.1, 0.15) is 5.82 Å². The van der Waals surface area contributed by atoms with Crippen LogP contribution in [0.25, 0.3) is 0 Å². The van der Waals surface area contributed by atoms with Crippen LogP contribution in [0.5, 0.6) is 0 Å². The van der Waals surface area contributed by atoms with Gasteiger partial charge >= 0.3 is 6.03 Å². The molecule has 1 saturated carbocycles. The first-order chi connectivity index (χ1) is 10.6. The molecule has 22 heavy (non-hydrogen) atoms. The smallest absolute Gasteiger partial charge is 0.322 e. The minimum atomic E-state index is -0.509. The van der Waals surface area contributed by atoms with Gasteiger partial charge in [0.15, 0.2) is 0 Å². The van der Waals surface area contributed by atoms with E-state index >= 15 is 0 Å². The number of amides is 2. The molecule has 0 aromatic heterocycles. The fourth-order valence-electron chi connectivity index (χ4n) is 3.34. The third-order valence-corrected chi connectivity index (χ3v) is 4.85. The van der Waals surface area contributed by atoms with Crippen LogP contribution >= 0.6 is 11.6 Å². The van der Waals surface area contributed by atoms with Crippen LogP contribution in [-0.2, 0) is 0 Å². The first-order valence-electron chi connectivity index (χ1n) is 7.88. The zero-order valence-electron chi connectivity index (χ0n) is 12.5. The summed E-state index contributed by atoms with van der Waals surface area (Å²) in [6.07, 6.45) is 5.20. The molecule has 0 spiro atoms. The summed E-state index contributed by atoms with van der Waals surface area (Å²) < 4.78 is 13.7. The Morgan fingerprint density at radius 3 is 2.50 bits per heavy atom. The molecule has 2 fully saturated rings. The number of urea groups is 1. The molecule has 0 radical (unpaired) electrons. The van der Waals surface area contributed by atoms with Crippen molar-refractivity contribution in [1.29, 1.82) is 0 Å². The first-order valence-corrected chi connectivity index (χ1v) is 8.26. The zero-order valence-corrected chi connectivity index (χ0v) is 13.3. The van der Waals surface area contributed by atoms with E-state index in [1.165, 1.54) is 37.8 Å². The predicted octanol–water partition coefficient (Wildman–Crippen LogP) is 3.57. The van der Waals surface area contributed by atoms with Crippen molar-refractivity contribution in [3.8, 4) is 0 Å². The summed E-state index contributed by atoms with van der Waals surface area (Å²) in [4.78, 5) is 16.5. The minimum absolute atomic E-state index is 0.174. The van der Waals surface area contributed by atoms with Crippen molar-refractivity contribution in [2.75, 3.05) is 31.5 Å². The maximum absolute atomic E-state index is 13.7. The van der Waals surface area contributed by atoms with Crippen molar-refractivity contribution >= 4 is 23.3 Å². The molecule has 1 N–H and O–H groups in total. The molecule has 0 unspecified atom stereocenters. The molecular weight excluding hydrogens is 305 g/mol. The van der Waals surface area contributed by atoms with Gasteiger partial charge in [-0.15, -0.1) is 0 Å². The maximum Gasteiger partial charge on any atom is 0.322 e. The van der Waals surface area contributed by atoms with Crippen molar-refractivity contribution in [3.63, 3.8) is 0 Å². The standard InChI is InChI=1S/C16H21ClFN3O/c17-12-5-6-15(14(18)11-12)19-16(22)21-9-7-20(8-10-21)13-3-1-2-4-13/h5-6,11,13H,1-4,7-10H2,(H,19,22). The summed E-state index contributed by atoms with van der Waals surface area (Å²) in [7, 11) is 0. The largest absolute Gasteiger partial charge is 0.322 e. The van der Waals surface area contributed by atoms with Gasteiger partial charge in [-0.05, 0) is 31.0 Å². The van der Waals surface area contributed by atoms with E-state index < -0.39 is 5.82 Å². The highest BCUT2D eigenvalue weighted by Crippen LogP contribution is 2.24. The van der Waals surface area contributed by atoms with Gasteiger partial charge in [0.2, 0.25) is 0 Å². The second-order valence-corrected chi connectivity index (χ2v) is 6.45. The highest BCUT2D eigenvalue weighted by Gasteiger charge is 2.28. The Morgan fingerprint density at radius 1 is 1.18 bits per heavy atom. The molecule has 6 heteroatoms. The number of benzene rings is 1. The fourth-order valence-corrected chi connectivity index (χ4v) is 3.50. The van der Waals surface area contributed by atoms with Crippen LogP contribution in [0.3, 0.4) is 0 Å². The molecular formula is C16H21ClFN3O. The van der Waals surface area contributed by atoms with Crippen molar-refractivity contribution in [2.24, 2.45) is 0 Å². The van der Waals surface area contributed by atoms with E-state index in [2.05, 4.69) is 10.2 Å². The fraction of sp³-hybridized carbons (Fsp3) is 0.562. The van der Waals surface area contributed by atoms with Gasteiger partial charge in [0, 0.05) is 37.2 Å². The van der Waals surface area contributed by atoms with E-state index in [9.17, 15) is 9.18 Å². The predicted molar refractivity (Wildman–Crippen MR) is 85.8 cm³/mol. The van der Waals surface area contributed by atoms with Crippen molar-refractivity contribution in [3.05, 3.63) is 29.0 Å². The summed E-state index contributed by atoms with van der Waals surface area (Å²) in [5.74, 6) is -0.509. The average molecular weight is 326 g/mol. The summed E-state index contributed by atoms with van der Waals surface area (Å²) in [5.41, 5.74) is 0.174. The summed E-state index contributed by atoms with van der Waals surface area (Å²) in [5, 5.41) is 2.95. The Morgan fingerprint density at radius 2 is 1.86 bits per heavy atom. The first kappa shape index (κ1) is 15.6. The van der Waals surface area contributed by atoms with Crippen LogP contribution in [0.15, 0.2) is 18.2 Å². The van der Waals surface area contributed by atoms with Gasteiger partial charge in [-0.25, -0.2) is 9.18 Å². The molecule has 120 valence electrons. The topological polar surface area (TPSA) is 35.6 Å². The van der Waals surface area contributed by atoms with Crippen LogP contribution in [0.2, 0.25) is 5.02 Å². The Labute approximate surface area is 135 Å². The second-order valence-electron chi connectivity index (χ2n) is 6.02. The number of carbonyl (C=O) groups excluding carboxylic acids is 1. The third-order valence-electron chi connectivity index (χ3n) is 4.62. The maximum atomic E-state index is 13.7. The average Bonchev–Trinajstić information content (AvgIpc) is 3.04. The molecule has 1 aromatic carbocycles. The SMILES string of the molecule is O=C(Nc1ccc(Cl)cc1F)N1CCN(C2CCCC2)CC1. The van der Waals surface area contributed by atoms with E-state index in [-0.39, 0.29) is 11.7 Å². The van der Waals surface area contributed by atoms with Crippen LogP contribution in [0.4, 0.5) is 14.9 Å². The highest BCUT2D eigenvalue weighted by molar-refractivity contribution is 6.30. The number of hydrogen-bond donors (Lipinski definition) is 1. The molecule has 2 aliphatic rings. The lowest BCUT2D eigenvalue weighted by molar-refractivity contribution is 0.115. The lowest BCUT2D eigenvalue weighted by atomic mass is 10.2. The number of rotatable bonds is 2. The highest BCUT2D eigenvalue weighted by atomic mass is 35.5. The lowest BCUT2D eigenvalue weighted by Gasteiger charge is -2.38. The minimum Gasteiger partial charge on any atom is -0.322 e. The number of carbonyl (C=O) groups is 1. The molecule has 0 atom stereocenters. The third kappa shape index (κ3) is 3.52. The number of nitrogens with zero attached hydrogens (tertiary/aromatic N) is 2. The Hall–Kier alpha value is -1.33. The number of piperazine rings is 1. The van der Waals surface area contributed by atoms with Crippen LogP contribution in [0, 0.1) is 5.82 Å². The molecule has 3 rings (SSSR count). The zero-order chi connectivity index (χ0) is 15.5. The Balaban J connectivity index is 1.53. The van der Waals surface area contributed by atoms with Gasteiger partial charge in [0.05, 0.1) is 5.69 Å². The molecule has 0 bridgehead atoms. The molecule has 1 aromatic rings. The van der Waals surface area contributed by atoms with Gasteiger partial charge < -0.3 is 10.2 Å². The summed E-state index contributed by atoms with van der Waals surface area (Å²) in [6.45, 7) is 3.19. The van der Waals surface area contributed by atoms with Crippen LogP contribution in [0.1, 0.15) is 25.7 Å². The Bertz CT molecular complexity index is 540. The van der Waals surface area contributed by atoms with Gasteiger partial charge in [-0.3, -0.25) is 4.90 Å². The van der Waals surface area contributed by atoms with Gasteiger partial charge in [-0.2, -0.15) is 0 Å². The number of anilines is 1. The van der Waals surface area contributed by atoms with Crippen LogP contribution < -0.4 is 5.32 Å². The van der Waals surface area contributed by atoms with Crippen LogP contribution in [-0.4, -0.2) is 48.1 Å². The number of halogens is 2. The van der Waals surface area contributed by atoms with E-state index in [4.69, 9.17) is 11.6 Å². The molecule has 1 saturated heterocycles. The van der Waals surface area contributed by atoms with E-state index in [0.29, 0.717) is 24.2 Å². The molecule has 2 amide bonds. The molecule has 4 nitrogen and oxygen atoms in total. The molecule has 1 aliphatic heterocycles. The molecule has 1 heterocycles. The van der Waals surface area contributed by atoms with E-state index in [1.807, 2.05) is 0 Å². The van der Waals surface area contributed by atoms with Crippen molar-refractivity contribution in [1.82, 2.24) is 9.80 Å². The molecule has 1 aliphatic carbocycles. The Kier molecular flexibility index (Phi) is 4.84. The normalized spacial score (nSPS) is 20.4. The summed E-state index contributed by atoms with van der Waals surface area (Å²) >= 11 is 5.71. The second kappa shape index (κ2) is 6.84. The lowest BCUT2D eigenvalue weighted by Crippen LogP contribution is -2.52. The number of hydrogen-bond acceptors (Lipinski definition) is 2. The van der Waals surface area contributed by atoms with Crippen molar-refractivity contribution in [2.45, 2.75) is 31.7 Å². The van der Waals surface area contributed by atoms with Gasteiger partial charge in [0.25, 0.3) is 0 Å². The van der Waals surface area contributed by atoms with E-state index in [0.717, 1.165) is 13.1 Å². The quantitative estimate of drug-likeness (QED) is 0.902. The van der Waals surface area contributed by atoms with Gasteiger partial charge in [-0.1, -0.05) is 24.4 Å².